The smallest absolute Gasteiger partial charge is 0.322 e. The summed E-state index contributed by atoms with van der Waals surface area (Å²) in [7, 11) is 0. The van der Waals surface area contributed by atoms with Crippen molar-refractivity contribution < 1.29 is 14.4 Å². The molecule has 3 aliphatic rings. The zero-order valence-electron chi connectivity index (χ0n) is 18.5. The number of nitriles is 1. The van der Waals surface area contributed by atoms with Crippen LogP contribution < -0.4 is 10.7 Å². The Bertz CT molecular complexity index is 909. The average molecular weight is 439 g/mol. The van der Waals surface area contributed by atoms with Crippen LogP contribution in [0.25, 0.3) is 0 Å². The van der Waals surface area contributed by atoms with Gasteiger partial charge in [0.1, 0.15) is 5.54 Å². The van der Waals surface area contributed by atoms with Gasteiger partial charge in [-0.2, -0.15) is 10.3 Å². The molecule has 2 heterocycles. The number of nitrogens with zero attached hydrogens (tertiary/aromatic N) is 4. The first-order chi connectivity index (χ1) is 15.4. The summed E-state index contributed by atoms with van der Waals surface area (Å²) in [6, 6.07) is 9.17. The van der Waals surface area contributed by atoms with E-state index in [1.54, 1.807) is 0 Å². The molecule has 2 N–H and O–H groups in total. The first-order valence-corrected chi connectivity index (χ1v) is 11.3. The molecule has 4 amide bonds. The highest BCUT2D eigenvalue weighted by Gasteiger charge is 2.52. The molecule has 1 saturated carbocycles. The van der Waals surface area contributed by atoms with E-state index in [0.717, 1.165) is 56.1 Å². The highest BCUT2D eigenvalue weighted by atomic mass is 16.2. The molecule has 1 spiro atoms. The zero-order chi connectivity index (χ0) is 22.7. The maximum Gasteiger partial charge on any atom is 0.344 e. The maximum atomic E-state index is 12.9. The predicted molar refractivity (Wildman–Crippen MR) is 117 cm³/mol. The Balaban J connectivity index is 1.23. The molecular weight excluding hydrogens is 408 g/mol. The van der Waals surface area contributed by atoms with Crippen LogP contribution in [0, 0.1) is 17.2 Å². The molecule has 0 radical (unpaired) electrons. The number of nitrogens with one attached hydrogen (secondary N) is 2. The summed E-state index contributed by atoms with van der Waals surface area (Å²) < 4.78 is 0. The van der Waals surface area contributed by atoms with Crippen molar-refractivity contribution in [2.24, 2.45) is 5.92 Å². The third-order valence-electron chi connectivity index (χ3n) is 6.85. The lowest BCUT2D eigenvalue weighted by Crippen LogP contribution is -2.54. The number of benzene rings is 1. The van der Waals surface area contributed by atoms with Gasteiger partial charge < -0.3 is 5.32 Å². The van der Waals surface area contributed by atoms with Crippen LogP contribution in [-0.2, 0) is 16.1 Å². The van der Waals surface area contributed by atoms with Crippen LogP contribution >= 0.6 is 0 Å². The second kappa shape index (κ2) is 9.27. The second-order valence-corrected chi connectivity index (χ2v) is 9.23. The van der Waals surface area contributed by atoms with E-state index >= 15 is 0 Å². The van der Waals surface area contributed by atoms with Crippen molar-refractivity contribution in [1.82, 2.24) is 25.6 Å². The molecule has 4 rings (SSSR count). The van der Waals surface area contributed by atoms with Gasteiger partial charge in [-0.15, -0.1) is 0 Å². The molecule has 2 aliphatic heterocycles. The molecule has 170 valence electrons. The molecule has 32 heavy (non-hydrogen) atoms. The zero-order valence-corrected chi connectivity index (χ0v) is 18.5. The quantitative estimate of drug-likeness (QED) is 0.669. The number of imide groups is 1. The number of hydrazine groups is 1. The second-order valence-electron chi connectivity index (χ2n) is 9.23. The Kier molecular flexibility index (Phi) is 6.44. The van der Waals surface area contributed by atoms with Crippen molar-refractivity contribution in [3.8, 4) is 6.07 Å². The number of amides is 4. The van der Waals surface area contributed by atoms with Gasteiger partial charge in [0.05, 0.1) is 18.2 Å². The maximum absolute atomic E-state index is 12.9. The van der Waals surface area contributed by atoms with Crippen molar-refractivity contribution in [3.05, 3.63) is 35.4 Å². The summed E-state index contributed by atoms with van der Waals surface area (Å²) in [5, 5.41) is 12.6. The van der Waals surface area contributed by atoms with E-state index in [2.05, 4.69) is 28.6 Å². The van der Waals surface area contributed by atoms with Gasteiger partial charge >= 0.3 is 6.03 Å². The standard InChI is InChI=1S/C23H30N6O3/c1-17-6-8-23(9-7-17)21(31)29(22(32)25-23)26-20(30)16-28-12-10-27(11-13-28)15-19-4-2-18(14-24)3-5-19/h2-5,17H,6-13,15-16H2,1H3,(H,25,32)(H,26,30). The fourth-order valence-electron chi connectivity index (χ4n) is 4.73. The molecule has 1 aromatic rings. The van der Waals surface area contributed by atoms with Crippen LogP contribution in [0.3, 0.4) is 0 Å². The van der Waals surface area contributed by atoms with Crippen molar-refractivity contribution in [2.75, 3.05) is 32.7 Å². The van der Waals surface area contributed by atoms with Gasteiger partial charge in [-0.25, -0.2) is 4.79 Å². The van der Waals surface area contributed by atoms with Crippen molar-refractivity contribution >= 4 is 17.8 Å². The van der Waals surface area contributed by atoms with E-state index in [4.69, 9.17) is 5.26 Å². The third-order valence-corrected chi connectivity index (χ3v) is 6.85. The van der Waals surface area contributed by atoms with Gasteiger partial charge in [0.25, 0.3) is 11.8 Å². The van der Waals surface area contributed by atoms with Crippen molar-refractivity contribution in [3.63, 3.8) is 0 Å². The number of carbonyl (C=O) groups is 3. The topological polar surface area (TPSA) is 109 Å². The monoisotopic (exact) mass is 438 g/mol. The molecule has 9 nitrogen and oxygen atoms in total. The predicted octanol–water partition coefficient (Wildman–Crippen LogP) is 1.21. The van der Waals surface area contributed by atoms with E-state index in [0.29, 0.717) is 24.3 Å². The Morgan fingerprint density at radius 1 is 1.12 bits per heavy atom. The lowest BCUT2D eigenvalue weighted by atomic mass is 9.77. The minimum atomic E-state index is -0.853. The SMILES string of the molecule is CC1CCC2(CC1)NC(=O)N(NC(=O)CN1CCN(Cc3ccc(C#N)cc3)CC1)C2=O. The van der Waals surface area contributed by atoms with E-state index in [-0.39, 0.29) is 18.4 Å². The number of hydrogen-bond donors (Lipinski definition) is 2. The number of rotatable bonds is 5. The Hall–Kier alpha value is -2.96. The summed E-state index contributed by atoms with van der Waals surface area (Å²) in [5.74, 6) is -0.144. The fraction of sp³-hybridized carbons (Fsp3) is 0.565. The Morgan fingerprint density at radius 2 is 1.75 bits per heavy atom. The van der Waals surface area contributed by atoms with Crippen LogP contribution in [0.15, 0.2) is 24.3 Å². The van der Waals surface area contributed by atoms with Gasteiger partial charge in [-0.05, 0) is 49.3 Å². The van der Waals surface area contributed by atoms with Gasteiger partial charge in [-0.3, -0.25) is 24.8 Å². The molecule has 0 atom stereocenters. The molecule has 0 bridgehead atoms. The van der Waals surface area contributed by atoms with Gasteiger partial charge in [0.2, 0.25) is 0 Å². The molecular formula is C23H30N6O3. The van der Waals surface area contributed by atoms with Crippen LogP contribution in [0.5, 0.6) is 0 Å². The average Bonchev–Trinajstić information content (AvgIpc) is 3.02. The van der Waals surface area contributed by atoms with Gasteiger partial charge in [0.15, 0.2) is 0 Å². The van der Waals surface area contributed by atoms with Gasteiger partial charge in [-0.1, -0.05) is 19.1 Å². The number of hydrogen-bond acceptors (Lipinski definition) is 6. The van der Waals surface area contributed by atoms with E-state index < -0.39 is 11.6 Å². The number of piperazine rings is 1. The van der Waals surface area contributed by atoms with Crippen LogP contribution in [-0.4, -0.2) is 70.9 Å². The normalized spacial score (nSPS) is 26.8. The number of urea groups is 1. The number of carbonyl (C=O) groups excluding carboxylic acids is 3. The highest BCUT2D eigenvalue weighted by molar-refractivity contribution is 6.08. The van der Waals surface area contributed by atoms with Crippen molar-refractivity contribution in [1.29, 1.82) is 5.26 Å². The minimum absolute atomic E-state index is 0.145. The lowest BCUT2D eigenvalue weighted by molar-refractivity contribution is -0.140. The largest absolute Gasteiger partial charge is 0.344 e. The summed E-state index contributed by atoms with van der Waals surface area (Å²) in [4.78, 5) is 42.1. The third kappa shape index (κ3) is 4.76. The highest BCUT2D eigenvalue weighted by Crippen LogP contribution is 2.35. The fourth-order valence-corrected chi connectivity index (χ4v) is 4.73. The molecule has 2 saturated heterocycles. The summed E-state index contributed by atoms with van der Waals surface area (Å²) in [5.41, 5.74) is 3.47. The van der Waals surface area contributed by atoms with Crippen LogP contribution in [0.4, 0.5) is 4.79 Å². The van der Waals surface area contributed by atoms with E-state index in [1.165, 1.54) is 0 Å². The van der Waals surface area contributed by atoms with Crippen molar-refractivity contribution in [2.45, 2.75) is 44.7 Å². The van der Waals surface area contributed by atoms with Crippen LogP contribution in [0.1, 0.15) is 43.7 Å². The molecule has 1 aliphatic carbocycles. The van der Waals surface area contributed by atoms with E-state index in [9.17, 15) is 14.4 Å². The molecule has 0 aromatic heterocycles. The first kappa shape index (κ1) is 22.2. The van der Waals surface area contributed by atoms with Gasteiger partial charge in [0, 0.05) is 32.7 Å². The molecule has 0 unspecified atom stereocenters. The summed E-state index contributed by atoms with van der Waals surface area (Å²) >= 11 is 0. The molecule has 3 fully saturated rings. The lowest BCUT2D eigenvalue weighted by Gasteiger charge is -2.34. The Labute approximate surface area is 188 Å². The summed E-state index contributed by atoms with van der Waals surface area (Å²) in [6.07, 6.45) is 3.01. The molecule has 1 aromatic carbocycles. The molecule has 9 heteroatoms. The Morgan fingerprint density at radius 3 is 2.38 bits per heavy atom. The minimum Gasteiger partial charge on any atom is -0.322 e. The first-order valence-electron chi connectivity index (χ1n) is 11.3. The summed E-state index contributed by atoms with van der Waals surface area (Å²) in [6.45, 7) is 6.19. The van der Waals surface area contributed by atoms with Crippen LogP contribution in [0.2, 0.25) is 0 Å². The van der Waals surface area contributed by atoms with E-state index in [1.807, 2.05) is 29.2 Å².